The number of amides is 1. The van der Waals surface area contributed by atoms with Crippen LogP contribution >= 0.6 is 0 Å². The van der Waals surface area contributed by atoms with E-state index in [1.54, 1.807) is 6.07 Å². The highest BCUT2D eigenvalue weighted by atomic mass is 19.1. The first kappa shape index (κ1) is 17.1. The molecule has 1 fully saturated rings. The SMILES string of the molecule is CC1CCN(c2cc3c(cc2F)CCNC(=O)C(C(C)C)N3C)C1. The van der Waals surface area contributed by atoms with E-state index in [1.807, 2.05) is 18.0 Å². The molecule has 2 heterocycles. The lowest BCUT2D eigenvalue weighted by Gasteiger charge is -2.36. The Morgan fingerprint density at radius 2 is 2.04 bits per heavy atom. The molecule has 0 spiro atoms. The first-order valence-electron chi connectivity index (χ1n) is 8.96. The van der Waals surface area contributed by atoms with E-state index in [-0.39, 0.29) is 23.7 Å². The molecule has 1 N–H and O–H groups in total. The molecule has 2 atom stereocenters. The zero-order valence-corrected chi connectivity index (χ0v) is 15.1. The number of carbonyl (C=O) groups is 1. The first-order valence-corrected chi connectivity index (χ1v) is 8.96. The molecule has 2 unspecified atom stereocenters. The van der Waals surface area contributed by atoms with Crippen LogP contribution in [0.2, 0.25) is 0 Å². The summed E-state index contributed by atoms with van der Waals surface area (Å²) in [5.74, 6) is 0.683. The number of likely N-dealkylation sites (N-methyl/N-ethyl adjacent to an activating group) is 1. The van der Waals surface area contributed by atoms with E-state index in [0.717, 1.165) is 30.8 Å². The Bertz CT molecular complexity index is 631. The molecule has 132 valence electrons. The Kier molecular flexibility index (Phi) is 4.70. The van der Waals surface area contributed by atoms with Gasteiger partial charge in [0, 0.05) is 32.4 Å². The van der Waals surface area contributed by atoms with Crippen LogP contribution in [0.3, 0.4) is 0 Å². The molecular formula is C19H28FN3O. The topological polar surface area (TPSA) is 35.6 Å². The Morgan fingerprint density at radius 3 is 2.67 bits per heavy atom. The van der Waals surface area contributed by atoms with Crippen molar-refractivity contribution in [2.24, 2.45) is 11.8 Å². The maximum Gasteiger partial charge on any atom is 0.242 e. The molecule has 1 aromatic carbocycles. The third-order valence-electron chi connectivity index (χ3n) is 5.30. The van der Waals surface area contributed by atoms with E-state index < -0.39 is 0 Å². The maximum absolute atomic E-state index is 14.7. The molecule has 0 aromatic heterocycles. The van der Waals surface area contributed by atoms with Gasteiger partial charge in [-0.2, -0.15) is 0 Å². The summed E-state index contributed by atoms with van der Waals surface area (Å²) in [6.45, 7) is 8.66. The second kappa shape index (κ2) is 6.61. The van der Waals surface area contributed by atoms with E-state index in [0.29, 0.717) is 24.6 Å². The average molecular weight is 333 g/mol. The summed E-state index contributed by atoms with van der Waals surface area (Å²) in [4.78, 5) is 16.6. The van der Waals surface area contributed by atoms with Crippen LogP contribution in [0.4, 0.5) is 15.8 Å². The average Bonchev–Trinajstić information content (AvgIpc) is 2.92. The summed E-state index contributed by atoms with van der Waals surface area (Å²) in [5.41, 5.74) is 2.63. The van der Waals surface area contributed by atoms with Crippen LogP contribution in [-0.4, -0.2) is 38.6 Å². The van der Waals surface area contributed by atoms with Gasteiger partial charge in [0.15, 0.2) is 0 Å². The molecule has 24 heavy (non-hydrogen) atoms. The Balaban J connectivity index is 2.02. The summed E-state index contributed by atoms with van der Waals surface area (Å²) in [6, 6.07) is 3.38. The van der Waals surface area contributed by atoms with Gasteiger partial charge in [0.05, 0.1) is 5.69 Å². The van der Waals surface area contributed by atoms with E-state index in [1.165, 1.54) is 0 Å². The summed E-state index contributed by atoms with van der Waals surface area (Å²) in [7, 11) is 1.95. The first-order chi connectivity index (χ1) is 11.4. The molecule has 2 aliphatic rings. The van der Waals surface area contributed by atoms with Gasteiger partial charge in [-0.25, -0.2) is 4.39 Å². The third kappa shape index (κ3) is 3.08. The van der Waals surface area contributed by atoms with Crippen LogP contribution in [0.1, 0.15) is 32.8 Å². The highest BCUT2D eigenvalue weighted by Crippen LogP contribution is 2.34. The molecule has 4 nitrogen and oxygen atoms in total. The Morgan fingerprint density at radius 1 is 1.29 bits per heavy atom. The highest BCUT2D eigenvalue weighted by Gasteiger charge is 2.31. The van der Waals surface area contributed by atoms with Crippen molar-refractivity contribution < 1.29 is 9.18 Å². The van der Waals surface area contributed by atoms with Gasteiger partial charge < -0.3 is 15.1 Å². The lowest BCUT2D eigenvalue weighted by molar-refractivity contribution is -0.123. The standard InChI is InChI=1S/C19H28FN3O/c1-12(2)18-19(24)21-7-5-14-9-15(20)17(10-16(14)22(18)4)23-8-6-13(3)11-23/h9-10,12-13,18H,5-8,11H2,1-4H3,(H,21,24). The van der Waals surface area contributed by atoms with E-state index in [2.05, 4.69) is 31.0 Å². The van der Waals surface area contributed by atoms with Gasteiger partial charge >= 0.3 is 0 Å². The fourth-order valence-electron chi connectivity index (χ4n) is 4.02. The van der Waals surface area contributed by atoms with Crippen LogP contribution in [0.5, 0.6) is 0 Å². The fraction of sp³-hybridized carbons (Fsp3) is 0.632. The number of benzene rings is 1. The zero-order valence-electron chi connectivity index (χ0n) is 15.1. The lowest BCUT2D eigenvalue weighted by Crippen LogP contribution is -2.50. The molecule has 1 saturated heterocycles. The number of carbonyl (C=O) groups excluding carboxylic acids is 1. The van der Waals surface area contributed by atoms with Gasteiger partial charge in [0.25, 0.3) is 0 Å². The molecule has 5 heteroatoms. The number of nitrogens with zero attached hydrogens (tertiary/aromatic N) is 2. The molecule has 1 aromatic rings. The fourth-order valence-corrected chi connectivity index (χ4v) is 4.02. The summed E-state index contributed by atoms with van der Waals surface area (Å²) < 4.78 is 14.7. The molecule has 3 rings (SSSR count). The second-order valence-corrected chi connectivity index (χ2v) is 7.61. The van der Waals surface area contributed by atoms with Crippen molar-refractivity contribution in [2.45, 2.75) is 39.7 Å². The molecular weight excluding hydrogens is 305 g/mol. The minimum absolute atomic E-state index is 0.0545. The quantitative estimate of drug-likeness (QED) is 0.904. The van der Waals surface area contributed by atoms with Crippen LogP contribution in [0.15, 0.2) is 12.1 Å². The number of nitrogens with one attached hydrogen (secondary N) is 1. The number of anilines is 2. The van der Waals surface area contributed by atoms with Crippen LogP contribution in [-0.2, 0) is 11.2 Å². The zero-order chi connectivity index (χ0) is 17.4. The van der Waals surface area contributed by atoms with Crippen molar-refractivity contribution in [3.8, 4) is 0 Å². The third-order valence-corrected chi connectivity index (χ3v) is 5.30. The van der Waals surface area contributed by atoms with E-state index in [9.17, 15) is 9.18 Å². The summed E-state index contributed by atoms with van der Waals surface area (Å²) in [6.07, 6.45) is 1.76. The van der Waals surface area contributed by atoms with Crippen molar-refractivity contribution in [3.63, 3.8) is 0 Å². The van der Waals surface area contributed by atoms with E-state index >= 15 is 0 Å². The minimum Gasteiger partial charge on any atom is -0.369 e. The van der Waals surface area contributed by atoms with Gasteiger partial charge in [0.2, 0.25) is 5.91 Å². The monoisotopic (exact) mass is 333 g/mol. The van der Waals surface area contributed by atoms with Gasteiger partial charge in [-0.1, -0.05) is 20.8 Å². The molecule has 0 radical (unpaired) electrons. The van der Waals surface area contributed by atoms with Gasteiger partial charge in [0.1, 0.15) is 11.9 Å². The molecule has 0 bridgehead atoms. The smallest absolute Gasteiger partial charge is 0.242 e. The Labute approximate surface area is 144 Å². The summed E-state index contributed by atoms with van der Waals surface area (Å²) in [5, 5.41) is 2.97. The van der Waals surface area contributed by atoms with Crippen molar-refractivity contribution >= 4 is 17.3 Å². The molecule has 0 saturated carbocycles. The molecule has 1 amide bonds. The predicted molar refractivity (Wildman–Crippen MR) is 96.1 cm³/mol. The van der Waals surface area contributed by atoms with Gasteiger partial charge in [-0.05, 0) is 42.4 Å². The number of halogens is 1. The molecule has 0 aliphatic carbocycles. The number of rotatable bonds is 2. The lowest BCUT2D eigenvalue weighted by atomic mass is 9.97. The van der Waals surface area contributed by atoms with Gasteiger partial charge in [-0.15, -0.1) is 0 Å². The van der Waals surface area contributed by atoms with Crippen LogP contribution in [0, 0.1) is 17.7 Å². The number of fused-ring (bicyclic) bond motifs is 1. The van der Waals surface area contributed by atoms with Crippen molar-refractivity contribution in [3.05, 3.63) is 23.5 Å². The van der Waals surface area contributed by atoms with Gasteiger partial charge in [-0.3, -0.25) is 4.79 Å². The number of hydrogen-bond acceptors (Lipinski definition) is 3. The molecule has 2 aliphatic heterocycles. The highest BCUT2D eigenvalue weighted by molar-refractivity contribution is 5.86. The van der Waals surface area contributed by atoms with E-state index in [4.69, 9.17) is 0 Å². The van der Waals surface area contributed by atoms with Crippen molar-refractivity contribution in [1.82, 2.24) is 5.32 Å². The predicted octanol–water partition coefficient (Wildman–Crippen LogP) is 2.81. The largest absolute Gasteiger partial charge is 0.369 e. The van der Waals surface area contributed by atoms with Crippen molar-refractivity contribution in [1.29, 1.82) is 0 Å². The minimum atomic E-state index is -0.236. The van der Waals surface area contributed by atoms with Crippen LogP contribution < -0.4 is 15.1 Å². The maximum atomic E-state index is 14.7. The second-order valence-electron chi connectivity index (χ2n) is 7.61. The van der Waals surface area contributed by atoms with Crippen molar-refractivity contribution in [2.75, 3.05) is 36.5 Å². The Hall–Kier alpha value is -1.78. The number of hydrogen-bond donors (Lipinski definition) is 1. The summed E-state index contributed by atoms with van der Waals surface area (Å²) >= 11 is 0. The van der Waals surface area contributed by atoms with Crippen LogP contribution in [0.25, 0.3) is 0 Å². The normalized spacial score (nSPS) is 24.7.